The Kier molecular flexibility index (Phi) is 8.29. The highest BCUT2D eigenvalue weighted by atomic mass is 35.5. The number of aliphatic hydroxyl groups excluding tert-OH is 2. The van der Waals surface area contributed by atoms with Gasteiger partial charge in [0.05, 0.1) is 28.6 Å². The van der Waals surface area contributed by atoms with Gasteiger partial charge in [-0.05, 0) is 48.6 Å². The average molecular weight is 559 g/mol. The maximum absolute atomic E-state index is 13.8. The number of benzene rings is 2. The third kappa shape index (κ3) is 5.43. The molecule has 5 rings (SSSR count). The summed E-state index contributed by atoms with van der Waals surface area (Å²) in [5.41, 5.74) is 1.99. The molecule has 1 heterocycles. The van der Waals surface area contributed by atoms with Gasteiger partial charge in [0.15, 0.2) is 0 Å². The number of fused-ring (bicyclic) bond motifs is 3. The van der Waals surface area contributed by atoms with Crippen LogP contribution in [0.2, 0.25) is 10.0 Å². The molecule has 4 unspecified atom stereocenters. The molecule has 0 bridgehead atoms. The van der Waals surface area contributed by atoms with Crippen molar-refractivity contribution in [3.8, 4) is 5.75 Å². The zero-order valence-electron chi connectivity index (χ0n) is 21.0. The van der Waals surface area contributed by atoms with Crippen molar-refractivity contribution in [2.24, 2.45) is 5.92 Å². The van der Waals surface area contributed by atoms with Crippen molar-refractivity contribution in [1.29, 1.82) is 0 Å². The number of amides is 2. The average Bonchev–Trinajstić information content (AvgIpc) is 3.56. The quantitative estimate of drug-likeness (QED) is 0.450. The van der Waals surface area contributed by atoms with Crippen LogP contribution < -0.4 is 10.1 Å². The first-order valence-corrected chi connectivity index (χ1v) is 13.9. The van der Waals surface area contributed by atoms with Crippen LogP contribution in [-0.2, 0) is 16.1 Å². The van der Waals surface area contributed by atoms with Crippen molar-refractivity contribution in [3.05, 3.63) is 75.3 Å². The summed E-state index contributed by atoms with van der Waals surface area (Å²) in [5, 5.41) is 24.5. The lowest BCUT2D eigenvalue weighted by molar-refractivity contribution is -0.139. The van der Waals surface area contributed by atoms with E-state index in [4.69, 9.17) is 27.9 Å². The number of ether oxygens (including phenoxy) is 1. The Balaban J connectivity index is 1.53. The van der Waals surface area contributed by atoms with Crippen molar-refractivity contribution in [1.82, 2.24) is 10.2 Å². The Hall–Kier alpha value is -2.58. The highest BCUT2D eigenvalue weighted by Crippen LogP contribution is 2.47. The van der Waals surface area contributed by atoms with E-state index in [2.05, 4.69) is 5.32 Å². The van der Waals surface area contributed by atoms with Crippen LogP contribution >= 0.6 is 23.2 Å². The Labute approximate surface area is 232 Å². The van der Waals surface area contributed by atoms with Gasteiger partial charge in [0.1, 0.15) is 18.0 Å². The number of carbonyl (C=O) groups is 2. The van der Waals surface area contributed by atoms with E-state index in [-0.39, 0.29) is 31.5 Å². The van der Waals surface area contributed by atoms with Crippen molar-refractivity contribution < 1.29 is 24.5 Å². The van der Waals surface area contributed by atoms with Gasteiger partial charge in [-0.15, -0.1) is 0 Å². The van der Waals surface area contributed by atoms with Crippen LogP contribution in [0.3, 0.4) is 0 Å². The molecule has 202 valence electrons. The molecule has 3 aliphatic rings. The number of para-hydroxylation sites is 1. The van der Waals surface area contributed by atoms with Crippen molar-refractivity contribution in [3.63, 3.8) is 0 Å². The number of hydrogen-bond donors (Lipinski definition) is 3. The SMILES string of the molecule is O=C(NCCO)C1=CC(N(Cc2ccc(Cl)c(Cl)c2)C(=O)CC2CCCC2)C(O)C2Oc3ccccc3C12. The fraction of sp³-hybridized carbons (Fsp3) is 0.448. The molecule has 9 heteroatoms. The molecule has 38 heavy (non-hydrogen) atoms. The van der Waals surface area contributed by atoms with Gasteiger partial charge in [-0.1, -0.05) is 60.3 Å². The molecule has 2 aliphatic carbocycles. The Morgan fingerprint density at radius 2 is 1.84 bits per heavy atom. The molecule has 1 fully saturated rings. The largest absolute Gasteiger partial charge is 0.486 e. The second-order valence-corrected chi connectivity index (χ2v) is 11.1. The molecular formula is C29H32Cl2N2O5. The van der Waals surface area contributed by atoms with E-state index < -0.39 is 24.2 Å². The van der Waals surface area contributed by atoms with Gasteiger partial charge in [0.25, 0.3) is 0 Å². The number of nitrogens with zero attached hydrogens (tertiary/aromatic N) is 1. The van der Waals surface area contributed by atoms with Crippen LogP contribution in [-0.4, -0.2) is 58.3 Å². The van der Waals surface area contributed by atoms with Crippen LogP contribution in [0.5, 0.6) is 5.75 Å². The molecule has 1 saturated carbocycles. The van der Waals surface area contributed by atoms with E-state index in [0.717, 1.165) is 36.8 Å². The first-order chi connectivity index (χ1) is 18.4. The summed E-state index contributed by atoms with van der Waals surface area (Å²) in [6.45, 7) is 0.0863. The van der Waals surface area contributed by atoms with Gasteiger partial charge in [-0.3, -0.25) is 9.59 Å². The van der Waals surface area contributed by atoms with Crippen molar-refractivity contribution >= 4 is 35.0 Å². The molecule has 2 aromatic rings. The summed E-state index contributed by atoms with van der Waals surface area (Å²) in [4.78, 5) is 28.8. The number of halogens is 2. The van der Waals surface area contributed by atoms with Crippen molar-refractivity contribution in [2.75, 3.05) is 13.2 Å². The fourth-order valence-electron chi connectivity index (χ4n) is 5.96. The smallest absolute Gasteiger partial charge is 0.247 e. The maximum atomic E-state index is 13.8. The van der Waals surface area contributed by atoms with Crippen LogP contribution in [0.4, 0.5) is 0 Å². The number of rotatable bonds is 8. The van der Waals surface area contributed by atoms with E-state index in [1.807, 2.05) is 30.3 Å². The molecule has 2 amide bonds. The molecule has 2 aromatic carbocycles. The Morgan fingerprint density at radius 3 is 2.58 bits per heavy atom. The fourth-order valence-corrected chi connectivity index (χ4v) is 6.29. The zero-order chi connectivity index (χ0) is 26.8. The van der Waals surface area contributed by atoms with Crippen LogP contribution in [0, 0.1) is 5.92 Å². The lowest BCUT2D eigenvalue weighted by Crippen LogP contribution is -2.55. The van der Waals surface area contributed by atoms with Gasteiger partial charge < -0.3 is 25.2 Å². The van der Waals surface area contributed by atoms with Gasteiger partial charge >= 0.3 is 0 Å². The zero-order valence-corrected chi connectivity index (χ0v) is 22.5. The minimum Gasteiger partial charge on any atom is -0.486 e. The molecule has 0 saturated heterocycles. The van der Waals surface area contributed by atoms with Gasteiger partial charge in [-0.2, -0.15) is 0 Å². The second-order valence-electron chi connectivity index (χ2n) is 10.3. The van der Waals surface area contributed by atoms with E-state index in [9.17, 15) is 19.8 Å². The van der Waals surface area contributed by atoms with Gasteiger partial charge in [0, 0.05) is 30.6 Å². The van der Waals surface area contributed by atoms with Crippen LogP contribution in [0.15, 0.2) is 54.1 Å². The topological polar surface area (TPSA) is 99.1 Å². The predicted octanol–water partition coefficient (Wildman–Crippen LogP) is 4.23. The number of nitrogens with one attached hydrogen (secondary N) is 1. The number of carbonyl (C=O) groups excluding carboxylic acids is 2. The number of hydrogen-bond acceptors (Lipinski definition) is 5. The summed E-state index contributed by atoms with van der Waals surface area (Å²) in [6, 6.07) is 11.8. The van der Waals surface area contributed by atoms with Crippen LogP contribution in [0.1, 0.15) is 49.1 Å². The predicted molar refractivity (Wildman–Crippen MR) is 145 cm³/mol. The van der Waals surface area contributed by atoms with E-state index in [1.165, 1.54) is 0 Å². The van der Waals surface area contributed by atoms with E-state index >= 15 is 0 Å². The lowest BCUT2D eigenvalue weighted by atomic mass is 9.77. The molecule has 4 atom stereocenters. The highest BCUT2D eigenvalue weighted by molar-refractivity contribution is 6.42. The van der Waals surface area contributed by atoms with E-state index in [1.54, 1.807) is 23.1 Å². The molecule has 0 radical (unpaired) electrons. The summed E-state index contributed by atoms with van der Waals surface area (Å²) >= 11 is 12.4. The highest BCUT2D eigenvalue weighted by Gasteiger charge is 2.50. The summed E-state index contributed by atoms with van der Waals surface area (Å²) in [6.07, 6.45) is 4.50. The second kappa shape index (κ2) is 11.7. The monoisotopic (exact) mass is 558 g/mol. The maximum Gasteiger partial charge on any atom is 0.247 e. The molecule has 7 nitrogen and oxygen atoms in total. The third-order valence-corrected chi connectivity index (χ3v) is 8.57. The molecule has 1 aliphatic heterocycles. The molecule has 0 aromatic heterocycles. The van der Waals surface area contributed by atoms with Crippen molar-refractivity contribution in [2.45, 2.75) is 62.8 Å². The number of aliphatic hydroxyl groups is 2. The van der Waals surface area contributed by atoms with Gasteiger partial charge in [0.2, 0.25) is 11.8 Å². The first-order valence-electron chi connectivity index (χ1n) is 13.1. The first kappa shape index (κ1) is 27.0. The summed E-state index contributed by atoms with van der Waals surface area (Å²) in [7, 11) is 0. The molecule has 3 N–H and O–H groups in total. The summed E-state index contributed by atoms with van der Waals surface area (Å²) < 4.78 is 6.19. The minimum absolute atomic E-state index is 0.0904. The molecule has 0 spiro atoms. The molecular weight excluding hydrogens is 527 g/mol. The standard InChI is InChI=1S/C29H32Cl2N2O5/c30-21-10-9-18(13-22(21)31)16-33(25(35)14-17-5-1-2-6-17)23-15-20(29(37)32-11-12-34)26-19-7-3-4-8-24(19)38-28(26)27(23)36/h3-4,7-10,13,15,17,23,26-28,34,36H,1-2,5-6,11-12,14,16H2,(H,32,37). The summed E-state index contributed by atoms with van der Waals surface area (Å²) in [5.74, 6) is -0.0313. The minimum atomic E-state index is -1.07. The lowest BCUT2D eigenvalue weighted by Gasteiger charge is -2.41. The third-order valence-electron chi connectivity index (χ3n) is 7.83. The Morgan fingerprint density at radius 1 is 1.08 bits per heavy atom. The van der Waals surface area contributed by atoms with E-state index in [0.29, 0.717) is 33.7 Å². The van der Waals surface area contributed by atoms with Crippen LogP contribution in [0.25, 0.3) is 0 Å². The Bertz CT molecular complexity index is 1230. The normalized spacial score (nSPS) is 24.3. The van der Waals surface area contributed by atoms with Gasteiger partial charge in [-0.25, -0.2) is 0 Å².